The van der Waals surface area contributed by atoms with E-state index in [1.807, 2.05) is 12.1 Å². The van der Waals surface area contributed by atoms with Gasteiger partial charge in [0.15, 0.2) is 23.0 Å². The Bertz CT molecular complexity index is 862. The molecular formula is C22H24O5. The van der Waals surface area contributed by atoms with Gasteiger partial charge in [-0.1, -0.05) is 18.9 Å². The van der Waals surface area contributed by atoms with Crippen LogP contribution in [-0.2, 0) is 4.74 Å². The Labute approximate surface area is 159 Å². The first-order chi connectivity index (χ1) is 13.3. The summed E-state index contributed by atoms with van der Waals surface area (Å²) in [7, 11) is 3.37. The van der Waals surface area contributed by atoms with Crippen LogP contribution in [0.25, 0.3) is 0 Å². The van der Waals surface area contributed by atoms with E-state index >= 15 is 0 Å². The van der Waals surface area contributed by atoms with Crippen LogP contribution in [0.4, 0.5) is 0 Å². The van der Waals surface area contributed by atoms with E-state index in [0.717, 1.165) is 47.0 Å². The Kier molecular flexibility index (Phi) is 4.12. The molecule has 5 nitrogen and oxygen atoms in total. The predicted octanol–water partition coefficient (Wildman–Crippen LogP) is 4.58. The van der Waals surface area contributed by atoms with E-state index < -0.39 is 0 Å². The fourth-order valence-corrected chi connectivity index (χ4v) is 4.66. The molecule has 3 atom stereocenters. The van der Waals surface area contributed by atoms with Gasteiger partial charge in [0.2, 0.25) is 6.79 Å². The number of rotatable bonds is 3. The highest BCUT2D eigenvalue weighted by Crippen LogP contribution is 2.50. The maximum Gasteiger partial charge on any atom is 0.231 e. The number of fused-ring (bicyclic) bond motifs is 4. The molecule has 0 saturated heterocycles. The smallest absolute Gasteiger partial charge is 0.231 e. The monoisotopic (exact) mass is 368 g/mol. The summed E-state index contributed by atoms with van der Waals surface area (Å²) in [6.45, 7) is 0.274. The number of ether oxygens (including phenoxy) is 5. The van der Waals surface area contributed by atoms with E-state index in [-0.39, 0.29) is 19.0 Å². The minimum absolute atomic E-state index is 0.145. The van der Waals surface area contributed by atoms with Crippen LogP contribution in [0.5, 0.6) is 23.0 Å². The molecule has 5 rings (SSSR count). The number of hydrogen-bond donors (Lipinski definition) is 0. The van der Waals surface area contributed by atoms with Crippen LogP contribution in [0.2, 0.25) is 0 Å². The van der Waals surface area contributed by atoms with Gasteiger partial charge in [-0.25, -0.2) is 0 Å². The van der Waals surface area contributed by atoms with Crippen molar-refractivity contribution in [2.45, 2.75) is 43.8 Å². The molecule has 0 radical (unpaired) electrons. The third-order valence-corrected chi connectivity index (χ3v) is 5.98. The van der Waals surface area contributed by atoms with Gasteiger partial charge in [-0.2, -0.15) is 0 Å². The van der Waals surface area contributed by atoms with Crippen LogP contribution in [0, 0.1) is 0 Å². The van der Waals surface area contributed by atoms with Crippen LogP contribution >= 0.6 is 0 Å². The van der Waals surface area contributed by atoms with Crippen molar-refractivity contribution in [2.24, 2.45) is 0 Å². The summed E-state index contributed by atoms with van der Waals surface area (Å²) in [5.74, 6) is 3.51. The molecule has 5 heteroatoms. The van der Waals surface area contributed by atoms with Gasteiger partial charge in [0.05, 0.1) is 20.3 Å². The molecule has 0 spiro atoms. The molecule has 3 aliphatic rings. The Hall–Kier alpha value is -2.40. The molecule has 0 unspecified atom stereocenters. The van der Waals surface area contributed by atoms with E-state index in [1.165, 1.54) is 18.4 Å². The Morgan fingerprint density at radius 1 is 0.852 bits per heavy atom. The first kappa shape index (κ1) is 16.8. The SMILES string of the molecule is COc1cc2c(cc1OC)[C@@H]1CCCC[C@H]1O[C@H]2c1ccc2c(c1)OCO2. The summed E-state index contributed by atoms with van der Waals surface area (Å²) in [6.07, 6.45) is 4.80. The Morgan fingerprint density at radius 2 is 1.59 bits per heavy atom. The standard InChI is InChI=1S/C22H24O5/c1-23-19-10-15-14-5-3-4-6-17(14)27-22(16(15)11-20(19)24-2)13-7-8-18-21(9-13)26-12-25-18/h7-11,14,17,22H,3-6,12H2,1-2H3/t14-,17+,22-/m0/s1. The third kappa shape index (κ3) is 2.72. The van der Waals surface area contributed by atoms with Crippen molar-refractivity contribution in [3.63, 3.8) is 0 Å². The molecule has 0 amide bonds. The summed E-state index contributed by atoms with van der Waals surface area (Å²) in [5.41, 5.74) is 3.57. The average molecular weight is 368 g/mol. The molecule has 2 aliphatic heterocycles. The Balaban J connectivity index is 1.64. The number of benzene rings is 2. The largest absolute Gasteiger partial charge is 0.493 e. The van der Waals surface area contributed by atoms with Crippen LogP contribution in [0.3, 0.4) is 0 Å². The minimum atomic E-state index is -0.145. The van der Waals surface area contributed by atoms with Crippen molar-refractivity contribution in [3.8, 4) is 23.0 Å². The zero-order valence-corrected chi connectivity index (χ0v) is 15.7. The van der Waals surface area contributed by atoms with Gasteiger partial charge in [0, 0.05) is 5.92 Å². The van der Waals surface area contributed by atoms with E-state index in [4.69, 9.17) is 23.7 Å². The molecule has 1 fully saturated rings. The van der Waals surface area contributed by atoms with Crippen molar-refractivity contribution in [2.75, 3.05) is 21.0 Å². The van der Waals surface area contributed by atoms with E-state index in [1.54, 1.807) is 14.2 Å². The fraction of sp³-hybridized carbons (Fsp3) is 0.455. The summed E-state index contributed by atoms with van der Waals surface area (Å²) < 4.78 is 28.8. The van der Waals surface area contributed by atoms with E-state index in [0.29, 0.717) is 5.92 Å². The summed E-state index contributed by atoms with van der Waals surface area (Å²) in [4.78, 5) is 0. The highest BCUT2D eigenvalue weighted by atomic mass is 16.7. The molecule has 0 aromatic heterocycles. The topological polar surface area (TPSA) is 46.2 Å². The van der Waals surface area contributed by atoms with Gasteiger partial charge in [0.25, 0.3) is 0 Å². The minimum Gasteiger partial charge on any atom is -0.493 e. The second-order valence-electron chi connectivity index (χ2n) is 7.39. The molecule has 0 N–H and O–H groups in total. The van der Waals surface area contributed by atoms with Crippen LogP contribution < -0.4 is 18.9 Å². The zero-order valence-electron chi connectivity index (χ0n) is 15.7. The molecule has 2 aromatic carbocycles. The van der Waals surface area contributed by atoms with Gasteiger partial charge in [-0.3, -0.25) is 0 Å². The lowest BCUT2D eigenvalue weighted by atomic mass is 9.76. The van der Waals surface area contributed by atoms with Crippen molar-refractivity contribution in [3.05, 3.63) is 47.0 Å². The molecule has 1 saturated carbocycles. The molecule has 27 heavy (non-hydrogen) atoms. The average Bonchev–Trinajstić information content (AvgIpc) is 3.20. The van der Waals surface area contributed by atoms with Gasteiger partial charge in [-0.15, -0.1) is 0 Å². The summed E-state index contributed by atoms with van der Waals surface area (Å²) >= 11 is 0. The predicted molar refractivity (Wildman–Crippen MR) is 100 cm³/mol. The fourth-order valence-electron chi connectivity index (χ4n) is 4.66. The highest BCUT2D eigenvalue weighted by molar-refractivity contribution is 5.54. The van der Waals surface area contributed by atoms with Gasteiger partial charge in [-0.05, 0) is 53.8 Å². The Morgan fingerprint density at radius 3 is 2.41 bits per heavy atom. The van der Waals surface area contributed by atoms with Gasteiger partial charge < -0.3 is 23.7 Å². The van der Waals surface area contributed by atoms with Gasteiger partial charge >= 0.3 is 0 Å². The van der Waals surface area contributed by atoms with Crippen LogP contribution in [0.15, 0.2) is 30.3 Å². The normalized spacial score (nSPS) is 25.5. The highest BCUT2D eigenvalue weighted by Gasteiger charge is 2.39. The molecule has 0 bridgehead atoms. The van der Waals surface area contributed by atoms with Crippen molar-refractivity contribution in [1.82, 2.24) is 0 Å². The summed E-state index contributed by atoms with van der Waals surface area (Å²) in [6, 6.07) is 10.3. The van der Waals surface area contributed by atoms with E-state index in [2.05, 4.69) is 18.2 Å². The van der Waals surface area contributed by atoms with Crippen molar-refractivity contribution < 1.29 is 23.7 Å². The molecule has 142 valence electrons. The lowest BCUT2D eigenvalue weighted by Crippen LogP contribution is -2.33. The van der Waals surface area contributed by atoms with Crippen LogP contribution in [0.1, 0.15) is 54.4 Å². The zero-order chi connectivity index (χ0) is 18.4. The van der Waals surface area contributed by atoms with Gasteiger partial charge in [0.1, 0.15) is 6.10 Å². The number of methoxy groups -OCH3 is 2. The van der Waals surface area contributed by atoms with Crippen molar-refractivity contribution >= 4 is 0 Å². The number of hydrogen-bond acceptors (Lipinski definition) is 5. The quantitative estimate of drug-likeness (QED) is 0.794. The second-order valence-corrected chi connectivity index (χ2v) is 7.39. The maximum absolute atomic E-state index is 6.64. The lowest BCUT2D eigenvalue weighted by Gasteiger charge is -2.41. The molecule has 2 heterocycles. The van der Waals surface area contributed by atoms with Crippen molar-refractivity contribution in [1.29, 1.82) is 0 Å². The second kappa shape index (κ2) is 6.64. The summed E-state index contributed by atoms with van der Waals surface area (Å²) in [5, 5.41) is 0. The first-order valence-corrected chi connectivity index (χ1v) is 9.59. The molecular weight excluding hydrogens is 344 g/mol. The maximum atomic E-state index is 6.64. The molecule has 1 aliphatic carbocycles. The van der Waals surface area contributed by atoms with E-state index in [9.17, 15) is 0 Å². The lowest BCUT2D eigenvalue weighted by molar-refractivity contribution is -0.0391. The molecule has 2 aromatic rings. The third-order valence-electron chi connectivity index (χ3n) is 5.98. The van der Waals surface area contributed by atoms with Crippen LogP contribution in [-0.4, -0.2) is 27.1 Å². The first-order valence-electron chi connectivity index (χ1n) is 9.59.